The van der Waals surface area contributed by atoms with Gasteiger partial charge in [0.05, 0.1) is 35.8 Å². The number of alkyl halides is 1. The van der Waals surface area contributed by atoms with E-state index in [9.17, 15) is 4.39 Å². The van der Waals surface area contributed by atoms with Gasteiger partial charge < -0.3 is 18.8 Å². The van der Waals surface area contributed by atoms with E-state index in [1.54, 1.807) is 24.7 Å². The molecular weight excluding hydrogens is 618 g/mol. The van der Waals surface area contributed by atoms with Crippen molar-refractivity contribution >= 4 is 39.2 Å². The third-order valence-electron chi connectivity index (χ3n) is 9.99. The van der Waals surface area contributed by atoms with Gasteiger partial charge in [-0.2, -0.15) is 15.1 Å². The van der Waals surface area contributed by atoms with Gasteiger partial charge in [-0.25, -0.2) is 13.8 Å². The monoisotopic (exact) mass is 648 g/mol. The number of aromatic nitrogens is 6. The van der Waals surface area contributed by atoms with Gasteiger partial charge in [0.25, 0.3) is 0 Å². The van der Waals surface area contributed by atoms with E-state index in [1.807, 2.05) is 4.90 Å². The average molecular weight is 649 g/mol. The van der Waals surface area contributed by atoms with Crippen LogP contribution in [0.25, 0.3) is 33.1 Å². The number of rotatable bonds is 3. The maximum absolute atomic E-state index is 17.0. The van der Waals surface area contributed by atoms with E-state index in [0.29, 0.717) is 96.2 Å². The molecule has 5 aliphatic heterocycles. The zero-order chi connectivity index (χ0) is 31.0. The number of halogens is 3. The number of ether oxygens (including phenoxy) is 2. The normalized spacial score (nSPS) is 24.7. The molecular formula is C32H31ClF2N8O3. The van der Waals surface area contributed by atoms with Crippen LogP contribution in [0, 0.1) is 5.82 Å². The third-order valence-corrected chi connectivity index (χ3v) is 10.3. The zero-order valence-electron chi connectivity index (χ0n) is 24.9. The Morgan fingerprint density at radius 1 is 1.11 bits per heavy atom. The minimum atomic E-state index is -0.899. The van der Waals surface area contributed by atoms with Crippen LogP contribution in [0.5, 0.6) is 6.01 Å². The minimum absolute atomic E-state index is 0.0368. The Morgan fingerprint density at radius 3 is 2.98 bits per heavy atom. The summed E-state index contributed by atoms with van der Waals surface area (Å²) < 4.78 is 49.8. The van der Waals surface area contributed by atoms with Crippen LogP contribution >= 0.6 is 11.6 Å². The number of nitrogens with one attached hydrogen (secondary N) is 1. The van der Waals surface area contributed by atoms with Gasteiger partial charge in [0, 0.05) is 48.1 Å². The lowest BCUT2D eigenvalue weighted by atomic mass is 9.95. The molecule has 5 aliphatic rings. The summed E-state index contributed by atoms with van der Waals surface area (Å²) >= 11 is 6.84. The first-order chi connectivity index (χ1) is 22.5. The molecule has 0 aliphatic carbocycles. The Labute approximate surface area is 267 Å². The summed E-state index contributed by atoms with van der Waals surface area (Å²) in [5, 5.41) is 8.80. The summed E-state index contributed by atoms with van der Waals surface area (Å²) in [6, 6.07) is 1.84. The molecule has 0 unspecified atom stereocenters. The molecule has 0 radical (unpaired) electrons. The van der Waals surface area contributed by atoms with E-state index in [2.05, 4.69) is 20.1 Å². The molecule has 238 valence electrons. The van der Waals surface area contributed by atoms with Gasteiger partial charge in [-0.1, -0.05) is 11.6 Å². The van der Waals surface area contributed by atoms with Gasteiger partial charge in [-0.3, -0.25) is 15.0 Å². The van der Waals surface area contributed by atoms with Crippen LogP contribution < -0.4 is 9.64 Å². The lowest BCUT2D eigenvalue weighted by molar-refractivity contribution is 0.0367. The highest BCUT2D eigenvalue weighted by Crippen LogP contribution is 2.42. The molecule has 0 spiro atoms. The van der Waals surface area contributed by atoms with Crippen LogP contribution in [0.2, 0.25) is 5.02 Å². The highest BCUT2D eigenvalue weighted by Gasteiger charge is 2.49. The fourth-order valence-electron chi connectivity index (χ4n) is 7.79. The van der Waals surface area contributed by atoms with Crippen LogP contribution in [0.15, 0.2) is 29.1 Å². The van der Waals surface area contributed by atoms with Gasteiger partial charge in [0.2, 0.25) is 0 Å². The number of hydrogen-bond acceptors (Lipinski definition) is 10. The van der Waals surface area contributed by atoms with Gasteiger partial charge in [0.15, 0.2) is 11.7 Å². The number of aryl methyl sites for hydroxylation is 1. The Morgan fingerprint density at radius 2 is 2.04 bits per heavy atom. The SMILES string of the molecule is Fc1c2ncc3c(nc(OC[C@@]45CCCN4C[C@H](F)C5)nc13)N1CCO[C@H](C1)c1coc(n1)CCCc1c(Cl)cc3[nH]ncc3c1-2. The Hall–Kier alpha value is -3.94. The summed E-state index contributed by atoms with van der Waals surface area (Å²) in [6.45, 7) is 2.78. The third kappa shape index (κ3) is 4.54. The van der Waals surface area contributed by atoms with Crippen LogP contribution in [-0.2, 0) is 17.6 Å². The van der Waals surface area contributed by atoms with Crippen molar-refractivity contribution in [3.8, 4) is 17.3 Å². The second kappa shape index (κ2) is 10.8. The maximum atomic E-state index is 17.0. The van der Waals surface area contributed by atoms with Crippen LogP contribution in [0.1, 0.15) is 48.9 Å². The molecule has 10 rings (SSSR count). The predicted octanol–water partition coefficient (Wildman–Crippen LogP) is 5.37. The van der Waals surface area contributed by atoms with Crippen LogP contribution in [-0.4, -0.2) is 86.1 Å². The van der Waals surface area contributed by atoms with Crippen molar-refractivity contribution in [3.63, 3.8) is 0 Å². The molecule has 5 aromatic rings. The molecule has 3 fully saturated rings. The lowest BCUT2D eigenvalue weighted by Gasteiger charge is -2.34. The average Bonchev–Trinajstić information content (AvgIpc) is 3.85. The number of aromatic amines is 1. The minimum Gasteiger partial charge on any atom is -0.461 e. The van der Waals surface area contributed by atoms with Crippen molar-refractivity contribution < 1.29 is 22.7 Å². The number of benzene rings is 1. The first kappa shape index (κ1) is 28.3. The summed E-state index contributed by atoms with van der Waals surface area (Å²) in [7, 11) is 0. The molecule has 1 aromatic carbocycles. The molecule has 11 nitrogen and oxygen atoms in total. The number of fused-ring (bicyclic) bond motifs is 5. The standard InChI is InChI=1S/C32H31ClF2N8O3/c33-21-9-22-19(12-37-41-22)26-18(21)3-1-4-25-38-23(15-45-25)24-14-42(7-8-44-24)30-20-11-36-29(26)27(35)28(20)39-31(40-30)46-16-32-5-2-6-43(32)13-17(34)10-32/h9,11-12,15,17,24H,1-8,10,13-14,16H2,(H,37,41)/t17-,24-,32+/m1/s1. The first-order valence-electron chi connectivity index (χ1n) is 15.8. The van der Waals surface area contributed by atoms with Crippen molar-refractivity contribution in [1.29, 1.82) is 0 Å². The number of oxazole rings is 1. The van der Waals surface area contributed by atoms with Crippen molar-refractivity contribution in [2.75, 3.05) is 44.3 Å². The largest absolute Gasteiger partial charge is 0.461 e. The van der Waals surface area contributed by atoms with Crippen LogP contribution in [0.3, 0.4) is 0 Å². The molecule has 14 heteroatoms. The topological polar surface area (TPSA) is 118 Å². The number of H-pyrrole nitrogens is 1. The van der Waals surface area contributed by atoms with Gasteiger partial charge in [-0.05, 0) is 43.9 Å². The number of morpholine rings is 1. The Bertz CT molecular complexity index is 1990. The maximum Gasteiger partial charge on any atom is 0.319 e. The summed E-state index contributed by atoms with van der Waals surface area (Å²) in [5.74, 6) is 0.479. The Kier molecular flexibility index (Phi) is 6.65. The second-order valence-electron chi connectivity index (χ2n) is 12.7. The van der Waals surface area contributed by atoms with E-state index in [0.717, 1.165) is 24.9 Å². The van der Waals surface area contributed by atoms with Crippen LogP contribution in [0.4, 0.5) is 14.6 Å². The van der Waals surface area contributed by atoms with E-state index in [4.69, 9.17) is 40.4 Å². The molecule has 1 N–H and O–H groups in total. The van der Waals surface area contributed by atoms with Crippen molar-refractivity contribution in [2.45, 2.75) is 56.3 Å². The van der Waals surface area contributed by atoms with E-state index in [-0.39, 0.29) is 29.9 Å². The summed E-state index contributed by atoms with van der Waals surface area (Å²) in [5.41, 5.74) is 2.46. The number of pyridine rings is 1. The lowest BCUT2D eigenvalue weighted by Crippen LogP contribution is -2.43. The molecule has 8 bridgehead atoms. The van der Waals surface area contributed by atoms with Crippen molar-refractivity contribution in [3.05, 3.63) is 52.7 Å². The predicted molar refractivity (Wildman–Crippen MR) is 165 cm³/mol. The quantitative estimate of drug-likeness (QED) is 0.274. The zero-order valence-corrected chi connectivity index (χ0v) is 25.7. The number of hydrogen-bond donors (Lipinski definition) is 1. The molecule has 46 heavy (non-hydrogen) atoms. The van der Waals surface area contributed by atoms with Gasteiger partial charge >= 0.3 is 6.01 Å². The Balaban J connectivity index is 1.23. The molecule has 3 atom stereocenters. The van der Waals surface area contributed by atoms with Gasteiger partial charge in [0.1, 0.15) is 47.9 Å². The summed E-state index contributed by atoms with van der Waals surface area (Å²) in [4.78, 5) is 23.1. The highest BCUT2D eigenvalue weighted by molar-refractivity contribution is 6.33. The highest BCUT2D eigenvalue weighted by atomic mass is 35.5. The smallest absolute Gasteiger partial charge is 0.319 e. The number of nitrogens with zero attached hydrogens (tertiary/aromatic N) is 7. The molecule has 4 aromatic heterocycles. The number of anilines is 1. The molecule has 0 saturated carbocycles. The van der Waals surface area contributed by atoms with E-state index >= 15 is 4.39 Å². The van der Waals surface area contributed by atoms with Gasteiger partial charge in [-0.15, -0.1) is 0 Å². The van der Waals surface area contributed by atoms with Crippen molar-refractivity contribution in [1.82, 2.24) is 35.0 Å². The molecule has 0 amide bonds. The first-order valence-corrected chi connectivity index (χ1v) is 16.2. The van der Waals surface area contributed by atoms with Crippen molar-refractivity contribution in [2.24, 2.45) is 0 Å². The summed E-state index contributed by atoms with van der Waals surface area (Å²) in [6.07, 6.45) is 7.61. The fraction of sp³-hybridized carbons (Fsp3) is 0.469. The molecule has 9 heterocycles. The van der Waals surface area contributed by atoms with E-state index in [1.165, 1.54) is 0 Å². The fourth-order valence-corrected chi connectivity index (χ4v) is 8.09. The van der Waals surface area contributed by atoms with E-state index < -0.39 is 17.5 Å². The molecule has 3 saturated heterocycles. The second-order valence-corrected chi connectivity index (χ2v) is 13.2.